The number of nitrogens with zero attached hydrogens (tertiary/aromatic N) is 1. The largest absolute Gasteiger partial charge is 0.317 e. The monoisotopic (exact) mass is 296 g/mol. The van der Waals surface area contributed by atoms with E-state index >= 15 is 0 Å². The van der Waals surface area contributed by atoms with Gasteiger partial charge in [-0.05, 0) is 61.2 Å². The molecule has 4 heteroatoms. The van der Waals surface area contributed by atoms with Crippen LogP contribution in [-0.2, 0) is 6.54 Å². The minimum atomic E-state index is 0.883. The standard InChI is InChI=1S/C15H24N2S2/c1-2-14(1)17(11-13-5-9-18-12-13)8-10-19-15-3-6-16-7-4-15/h5,9,12,14-16H,1-4,6-8,10-11H2. The Morgan fingerprint density at radius 1 is 1.26 bits per heavy atom. The maximum atomic E-state index is 3.45. The summed E-state index contributed by atoms with van der Waals surface area (Å²) in [5.74, 6) is 1.31. The highest BCUT2D eigenvalue weighted by Gasteiger charge is 2.28. The molecule has 1 aromatic heterocycles. The molecule has 0 spiro atoms. The third-order valence-electron chi connectivity index (χ3n) is 4.05. The van der Waals surface area contributed by atoms with E-state index in [0.717, 1.165) is 11.3 Å². The summed E-state index contributed by atoms with van der Waals surface area (Å²) >= 11 is 4.03. The highest BCUT2D eigenvalue weighted by atomic mass is 32.2. The third kappa shape index (κ3) is 4.48. The van der Waals surface area contributed by atoms with Gasteiger partial charge in [0.15, 0.2) is 0 Å². The van der Waals surface area contributed by atoms with Crippen LogP contribution in [0.25, 0.3) is 0 Å². The van der Waals surface area contributed by atoms with Crippen molar-refractivity contribution < 1.29 is 0 Å². The molecule has 1 aliphatic heterocycles. The van der Waals surface area contributed by atoms with Crippen LogP contribution in [0.5, 0.6) is 0 Å². The summed E-state index contributed by atoms with van der Waals surface area (Å²) in [6.07, 6.45) is 5.56. The highest BCUT2D eigenvalue weighted by molar-refractivity contribution is 7.99. The first-order chi connectivity index (χ1) is 9.42. The second-order valence-electron chi connectivity index (χ2n) is 5.65. The molecule has 2 heterocycles. The Balaban J connectivity index is 1.40. The first-order valence-corrected chi connectivity index (χ1v) is 9.48. The molecule has 1 aromatic rings. The molecule has 0 unspecified atom stereocenters. The summed E-state index contributed by atoms with van der Waals surface area (Å²) in [6, 6.07) is 3.16. The van der Waals surface area contributed by atoms with Crippen molar-refractivity contribution in [2.24, 2.45) is 0 Å². The lowest BCUT2D eigenvalue weighted by Gasteiger charge is -2.25. The molecule has 0 atom stereocenters. The van der Waals surface area contributed by atoms with Crippen LogP contribution >= 0.6 is 23.1 Å². The third-order valence-corrected chi connectivity index (χ3v) is 6.14. The first kappa shape index (κ1) is 13.9. The van der Waals surface area contributed by atoms with E-state index in [9.17, 15) is 0 Å². The zero-order valence-electron chi connectivity index (χ0n) is 11.5. The molecular weight excluding hydrogens is 272 g/mol. The number of piperidine rings is 1. The van der Waals surface area contributed by atoms with Gasteiger partial charge in [-0.1, -0.05) is 0 Å². The van der Waals surface area contributed by atoms with Gasteiger partial charge in [0.1, 0.15) is 0 Å². The molecular formula is C15H24N2S2. The van der Waals surface area contributed by atoms with Crippen molar-refractivity contribution >= 4 is 23.1 Å². The van der Waals surface area contributed by atoms with E-state index in [1.165, 1.54) is 63.2 Å². The van der Waals surface area contributed by atoms with Gasteiger partial charge in [0, 0.05) is 30.1 Å². The predicted octanol–water partition coefficient (Wildman–Crippen LogP) is 3.20. The van der Waals surface area contributed by atoms with E-state index in [4.69, 9.17) is 0 Å². The molecule has 0 radical (unpaired) electrons. The minimum absolute atomic E-state index is 0.883. The molecule has 2 fully saturated rings. The second-order valence-corrected chi connectivity index (χ2v) is 7.84. The van der Waals surface area contributed by atoms with Gasteiger partial charge >= 0.3 is 0 Å². The highest BCUT2D eigenvalue weighted by Crippen LogP contribution is 2.29. The number of hydrogen-bond donors (Lipinski definition) is 1. The van der Waals surface area contributed by atoms with Crippen LogP contribution in [-0.4, -0.2) is 41.6 Å². The van der Waals surface area contributed by atoms with E-state index in [2.05, 4.69) is 38.8 Å². The van der Waals surface area contributed by atoms with Crippen molar-refractivity contribution in [3.8, 4) is 0 Å². The molecule has 0 bridgehead atoms. The van der Waals surface area contributed by atoms with Gasteiger partial charge in [-0.3, -0.25) is 4.90 Å². The van der Waals surface area contributed by atoms with Crippen LogP contribution in [0.2, 0.25) is 0 Å². The zero-order chi connectivity index (χ0) is 12.9. The quantitative estimate of drug-likeness (QED) is 0.832. The van der Waals surface area contributed by atoms with Crippen LogP contribution in [0.15, 0.2) is 16.8 Å². The predicted molar refractivity (Wildman–Crippen MR) is 86.1 cm³/mol. The summed E-state index contributed by atoms with van der Waals surface area (Å²) < 4.78 is 0. The van der Waals surface area contributed by atoms with Gasteiger partial charge in [-0.25, -0.2) is 0 Å². The maximum Gasteiger partial charge on any atom is 0.0245 e. The summed E-state index contributed by atoms with van der Waals surface area (Å²) in [5.41, 5.74) is 1.50. The van der Waals surface area contributed by atoms with Gasteiger partial charge in [0.2, 0.25) is 0 Å². The van der Waals surface area contributed by atoms with E-state index < -0.39 is 0 Å². The van der Waals surface area contributed by atoms with Crippen molar-refractivity contribution in [3.63, 3.8) is 0 Å². The fraction of sp³-hybridized carbons (Fsp3) is 0.733. The molecule has 1 saturated heterocycles. The molecule has 19 heavy (non-hydrogen) atoms. The molecule has 2 aliphatic rings. The smallest absolute Gasteiger partial charge is 0.0245 e. The molecule has 2 nitrogen and oxygen atoms in total. The molecule has 1 N–H and O–H groups in total. The molecule has 3 rings (SSSR count). The average molecular weight is 297 g/mol. The SMILES string of the molecule is c1cc(CN(CCSC2CCNCC2)C2CC2)cs1. The zero-order valence-corrected chi connectivity index (χ0v) is 13.1. The number of thioether (sulfide) groups is 1. The number of rotatable bonds is 7. The average Bonchev–Trinajstić information content (AvgIpc) is 3.17. The van der Waals surface area contributed by atoms with Crippen LogP contribution in [0.4, 0.5) is 0 Å². The fourth-order valence-electron chi connectivity index (χ4n) is 2.75. The lowest BCUT2D eigenvalue weighted by Crippen LogP contribution is -2.31. The lowest BCUT2D eigenvalue weighted by atomic mass is 10.2. The summed E-state index contributed by atoms with van der Waals surface area (Å²) in [6.45, 7) is 4.88. The Morgan fingerprint density at radius 3 is 2.79 bits per heavy atom. The number of hydrogen-bond acceptors (Lipinski definition) is 4. The van der Waals surface area contributed by atoms with E-state index in [1.54, 1.807) is 0 Å². The minimum Gasteiger partial charge on any atom is -0.317 e. The summed E-state index contributed by atoms with van der Waals surface area (Å²) in [5, 5.41) is 8.85. The van der Waals surface area contributed by atoms with Gasteiger partial charge in [0.25, 0.3) is 0 Å². The summed E-state index contributed by atoms with van der Waals surface area (Å²) in [7, 11) is 0. The van der Waals surface area contributed by atoms with E-state index in [-0.39, 0.29) is 0 Å². The molecule has 1 aliphatic carbocycles. The van der Waals surface area contributed by atoms with Gasteiger partial charge in [-0.2, -0.15) is 23.1 Å². The Kier molecular flexibility index (Phi) is 5.22. The van der Waals surface area contributed by atoms with Gasteiger partial charge < -0.3 is 5.32 Å². The van der Waals surface area contributed by atoms with Crippen LogP contribution < -0.4 is 5.32 Å². The molecule has 0 amide bonds. The summed E-state index contributed by atoms with van der Waals surface area (Å²) in [4.78, 5) is 2.70. The molecule has 0 aromatic carbocycles. The van der Waals surface area contributed by atoms with Crippen molar-refractivity contribution in [2.75, 3.05) is 25.4 Å². The molecule has 1 saturated carbocycles. The number of nitrogens with one attached hydrogen (secondary N) is 1. The maximum absolute atomic E-state index is 3.45. The van der Waals surface area contributed by atoms with E-state index in [1.807, 2.05) is 11.3 Å². The fourth-order valence-corrected chi connectivity index (χ4v) is 4.65. The lowest BCUT2D eigenvalue weighted by molar-refractivity contribution is 0.272. The van der Waals surface area contributed by atoms with Gasteiger partial charge in [0.05, 0.1) is 0 Å². The Hall–Kier alpha value is -0.0300. The second kappa shape index (κ2) is 7.11. The Labute approximate surface area is 125 Å². The molecule has 106 valence electrons. The topological polar surface area (TPSA) is 15.3 Å². The first-order valence-electron chi connectivity index (χ1n) is 7.49. The van der Waals surface area contributed by atoms with E-state index in [0.29, 0.717) is 0 Å². The normalized spacial score (nSPS) is 21.1. The van der Waals surface area contributed by atoms with Crippen molar-refractivity contribution in [1.82, 2.24) is 10.2 Å². The number of thiophene rings is 1. The van der Waals surface area contributed by atoms with Crippen molar-refractivity contribution in [1.29, 1.82) is 0 Å². The van der Waals surface area contributed by atoms with Crippen LogP contribution in [0.1, 0.15) is 31.2 Å². The Morgan fingerprint density at radius 2 is 2.11 bits per heavy atom. The van der Waals surface area contributed by atoms with Crippen molar-refractivity contribution in [3.05, 3.63) is 22.4 Å². The Bertz CT molecular complexity index is 356. The van der Waals surface area contributed by atoms with Gasteiger partial charge in [-0.15, -0.1) is 0 Å². The van der Waals surface area contributed by atoms with Crippen LogP contribution in [0.3, 0.4) is 0 Å². The van der Waals surface area contributed by atoms with Crippen LogP contribution in [0, 0.1) is 0 Å². The van der Waals surface area contributed by atoms with Crippen molar-refractivity contribution in [2.45, 2.75) is 43.5 Å².